The van der Waals surface area contributed by atoms with Gasteiger partial charge in [0.1, 0.15) is 18.3 Å². The second kappa shape index (κ2) is 12.0. The number of esters is 3. The number of aliphatic hydroxyl groups excluding tert-OH is 3. The van der Waals surface area contributed by atoms with Gasteiger partial charge in [-0.25, -0.2) is 4.79 Å². The predicted octanol–water partition coefficient (Wildman–Crippen LogP) is 3.45. The molecule has 0 spiro atoms. The Balaban J connectivity index is 2.01. The SMILES string of the molecule is COC(=O)/C(CCC=C(C)C)=C1/C2[C@@H](O)C(=O)C3[C@@]4(C)CC[C@@H](O)[C@@H](C)C4[C@@H](OC(C)=O)[C@H](O)[C@]3(C)[C@@]2(C)C[C@@H]1OC(C)=O. The van der Waals surface area contributed by atoms with Gasteiger partial charge in [-0.3, -0.25) is 14.4 Å². The van der Waals surface area contributed by atoms with Crippen molar-refractivity contribution < 1.29 is 48.7 Å². The number of carbonyl (C=O) groups is 4. The van der Waals surface area contributed by atoms with Crippen molar-refractivity contribution in [2.24, 2.45) is 39.9 Å². The standard InChI is InChI=1S/C34H50O10/c1-16(2)11-10-12-20(31(41)42-9)23-22(43-18(4)35)15-33(7)25(23)26(38)27(39)29-32(6)14-13-21(37)17(3)24(32)28(44-19(5)36)30(40)34(29,33)8/h11,17,21-22,24-26,28-30,37-38,40H,10,12-15H2,1-9H3/b23-20+/t17-,21-,22+,24?,25?,26-,28-,29?,30+,32+,33+,34-/m1/s1. The summed E-state index contributed by atoms with van der Waals surface area (Å²) in [5.41, 5.74) is -1.61. The molecule has 0 aromatic carbocycles. The monoisotopic (exact) mass is 618 g/mol. The van der Waals surface area contributed by atoms with Gasteiger partial charge < -0.3 is 29.5 Å². The summed E-state index contributed by atoms with van der Waals surface area (Å²) in [7, 11) is 1.26. The van der Waals surface area contributed by atoms with Crippen molar-refractivity contribution in [3.05, 3.63) is 22.8 Å². The van der Waals surface area contributed by atoms with Crippen LogP contribution in [0, 0.1) is 39.9 Å². The van der Waals surface area contributed by atoms with Crippen LogP contribution in [0.15, 0.2) is 22.8 Å². The highest BCUT2D eigenvalue weighted by Crippen LogP contribution is 2.74. The first-order valence-electron chi connectivity index (χ1n) is 15.7. The Labute approximate surface area is 260 Å². The van der Waals surface area contributed by atoms with E-state index in [9.17, 15) is 34.5 Å². The summed E-state index contributed by atoms with van der Waals surface area (Å²) in [5.74, 6) is -5.11. The highest BCUT2D eigenvalue weighted by Gasteiger charge is 2.78. The van der Waals surface area contributed by atoms with Gasteiger partial charge in [-0.05, 0) is 68.3 Å². The molecule has 12 atom stereocenters. The number of fused-ring (bicyclic) bond motifs is 5. The smallest absolute Gasteiger partial charge is 0.333 e. The number of methoxy groups -OCH3 is 1. The summed E-state index contributed by atoms with van der Waals surface area (Å²) in [5, 5.41) is 35.3. The first kappa shape index (κ1) is 34.3. The van der Waals surface area contributed by atoms with Gasteiger partial charge in [0.05, 0.1) is 19.3 Å². The zero-order valence-electron chi connectivity index (χ0n) is 27.5. The number of ketones is 1. The van der Waals surface area contributed by atoms with E-state index < -0.39 is 94.1 Å². The largest absolute Gasteiger partial charge is 0.466 e. The molecule has 0 amide bonds. The molecule has 4 aliphatic rings. The van der Waals surface area contributed by atoms with Gasteiger partial charge in [-0.15, -0.1) is 0 Å². The Morgan fingerprint density at radius 3 is 2.16 bits per heavy atom. The van der Waals surface area contributed by atoms with Crippen molar-refractivity contribution >= 4 is 23.7 Å². The maximum absolute atomic E-state index is 14.6. The molecule has 10 nitrogen and oxygen atoms in total. The number of ether oxygens (including phenoxy) is 3. The van der Waals surface area contributed by atoms with E-state index in [-0.39, 0.29) is 18.4 Å². The number of carbonyl (C=O) groups excluding carboxylic acids is 4. The van der Waals surface area contributed by atoms with Crippen LogP contribution < -0.4 is 0 Å². The zero-order chi connectivity index (χ0) is 33.1. The quantitative estimate of drug-likeness (QED) is 0.174. The van der Waals surface area contributed by atoms with E-state index in [1.807, 2.05) is 47.6 Å². The van der Waals surface area contributed by atoms with Crippen LogP contribution in [-0.4, -0.2) is 76.6 Å². The van der Waals surface area contributed by atoms with Crippen molar-refractivity contribution in [1.82, 2.24) is 0 Å². The lowest BCUT2D eigenvalue weighted by Gasteiger charge is -2.70. The normalized spacial score (nSPS) is 44.0. The number of aliphatic hydroxyl groups is 3. The third-order valence-corrected chi connectivity index (χ3v) is 11.9. The number of hydrogen-bond acceptors (Lipinski definition) is 10. The summed E-state index contributed by atoms with van der Waals surface area (Å²) in [6.07, 6.45) is -2.02. The molecule has 10 heteroatoms. The fraction of sp³-hybridized carbons (Fsp3) is 0.765. The summed E-state index contributed by atoms with van der Waals surface area (Å²) in [4.78, 5) is 52.9. The third kappa shape index (κ3) is 5.05. The first-order valence-corrected chi connectivity index (χ1v) is 15.7. The molecule has 3 unspecified atom stereocenters. The van der Waals surface area contributed by atoms with Crippen LogP contribution in [-0.2, 0) is 33.4 Å². The lowest BCUT2D eigenvalue weighted by atomic mass is 9.35. The molecule has 0 heterocycles. The Kier molecular flexibility index (Phi) is 9.35. The molecule has 0 saturated heterocycles. The Hall–Kier alpha value is -2.56. The fourth-order valence-electron chi connectivity index (χ4n) is 10.0. The average Bonchev–Trinajstić information content (AvgIpc) is 3.22. The number of allylic oxidation sites excluding steroid dienone is 2. The number of rotatable bonds is 6. The van der Waals surface area contributed by atoms with Crippen LogP contribution in [0.25, 0.3) is 0 Å². The minimum absolute atomic E-state index is 0.121. The van der Waals surface area contributed by atoms with Gasteiger partial charge >= 0.3 is 17.9 Å². The lowest BCUT2D eigenvalue weighted by Crippen LogP contribution is -2.76. The average molecular weight is 619 g/mol. The lowest BCUT2D eigenvalue weighted by molar-refractivity contribution is -0.284. The maximum Gasteiger partial charge on any atom is 0.333 e. The number of Topliss-reactive ketones (excluding diaryl/α,β-unsaturated/α-hetero) is 1. The van der Waals surface area contributed by atoms with E-state index in [4.69, 9.17) is 14.2 Å². The van der Waals surface area contributed by atoms with Crippen LogP contribution in [0.4, 0.5) is 0 Å². The van der Waals surface area contributed by atoms with Gasteiger partial charge in [0.25, 0.3) is 0 Å². The zero-order valence-corrected chi connectivity index (χ0v) is 27.5. The van der Waals surface area contributed by atoms with Gasteiger partial charge in [0, 0.05) is 42.6 Å². The van der Waals surface area contributed by atoms with Crippen molar-refractivity contribution in [2.45, 2.75) is 118 Å². The molecule has 0 aromatic rings. The molecule has 0 radical (unpaired) electrons. The van der Waals surface area contributed by atoms with Crippen molar-refractivity contribution in [1.29, 1.82) is 0 Å². The van der Waals surface area contributed by atoms with E-state index in [2.05, 4.69) is 0 Å². The van der Waals surface area contributed by atoms with Gasteiger partial charge in [-0.1, -0.05) is 39.3 Å². The summed E-state index contributed by atoms with van der Waals surface area (Å²) >= 11 is 0. The molecule has 0 aliphatic heterocycles. The molecule has 0 bridgehead atoms. The van der Waals surface area contributed by atoms with E-state index in [1.54, 1.807) is 0 Å². The minimum Gasteiger partial charge on any atom is -0.466 e. The second-order valence-electron chi connectivity index (χ2n) is 14.5. The molecule has 44 heavy (non-hydrogen) atoms. The molecule has 0 aromatic heterocycles. The van der Waals surface area contributed by atoms with Crippen LogP contribution in [0.2, 0.25) is 0 Å². The van der Waals surface area contributed by atoms with Crippen LogP contribution in [0.3, 0.4) is 0 Å². The first-order chi connectivity index (χ1) is 20.4. The molecule has 4 saturated carbocycles. The number of hydrogen-bond donors (Lipinski definition) is 3. The van der Waals surface area contributed by atoms with Crippen LogP contribution in [0.5, 0.6) is 0 Å². The Morgan fingerprint density at radius 1 is 1.00 bits per heavy atom. The van der Waals surface area contributed by atoms with E-state index >= 15 is 0 Å². The van der Waals surface area contributed by atoms with E-state index in [0.717, 1.165) is 5.57 Å². The van der Waals surface area contributed by atoms with Crippen molar-refractivity contribution in [3.63, 3.8) is 0 Å². The molecule has 4 rings (SSSR count). The van der Waals surface area contributed by atoms with Crippen LogP contribution in [0.1, 0.15) is 87.5 Å². The summed E-state index contributed by atoms with van der Waals surface area (Å²) < 4.78 is 16.9. The third-order valence-electron chi connectivity index (χ3n) is 11.9. The maximum atomic E-state index is 14.6. The topological polar surface area (TPSA) is 157 Å². The van der Waals surface area contributed by atoms with E-state index in [1.165, 1.54) is 21.0 Å². The molecule has 4 fully saturated rings. The minimum atomic E-state index is -1.56. The summed E-state index contributed by atoms with van der Waals surface area (Å²) in [6.45, 7) is 13.9. The molecular weight excluding hydrogens is 568 g/mol. The van der Waals surface area contributed by atoms with E-state index in [0.29, 0.717) is 24.8 Å². The van der Waals surface area contributed by atoms with Gasteiger partial charge in [-0.2, -0.15) is 0 Å². The van der Waals surface area contributed by atoms with Crippen LogP contribution >= 0.6 is 0 Å². The van der Waals surface area contributed by atoms with Gasteiger partial charge in [0.15, 0.2) is 5.78 Å². The molecular formula is C34H50O10. The Morgan fingerprint density at radius 2 is 1.61 bits per heavy atom. The highest BCUT2D eigenvalue weighted by molar-refractivity contribution is 5.93. The fourth-order valence-corrected chi connectivity index (χ4v) is 10.0. The highest BCUT2D eigenvalue weighted by atomic mass is 16.6. The van der Waals surface area contributed by atoms with Crippen molar-refractivity contribution in [3.8, 4) is 0 Å². The second-order valence-corrected chi connectivity index (χ2v) is 14.5. The molecule has 4 aliphatic carbocycles. The van der Waals surface area contributed by atoms with Gasteiger partial charge in [0.2, 0.25) is 0 Å². The molecule has 246 valence electrons. The Bertz CT molecular complexity index is 1260. The molecule has 3 N–H and O–H groups in total. The van der Waals surface area contributed by atoms with Crippen molar-refractivity contribution in [2.75, 3.05) is 7.11 Å². The predicted molar refractivity (Wildman–Crippen MR) is 160 cm³/mol. The summed E-state index contributed by atoms with van der Waals surface area (Å²) in [6, 6.07) is 0.